The van der Waals surface area contributed by atoms with Crippen LogP contribution < -0.4 is 4.90 Å². The van der Waals surface area contributed by atoms with Crippen LogP contribution in [0.2, 0.25) is 0 Å². The van der Waals surface area contributed by atoms with Gasteiger partial charge in [0.1, 0.15) is 10.6 Å². The summed E-state index contributed by atoms with van der Waals surface area (Å²) in [6.07, 6.45) is 0.974. The summed E-state index contributed by atoms with van der Waals surface area (Å²) in [7, 11) is -1.96. The van der Waals surface area contributed by atoms with Crippen LogP contribution in [0.1, 0.15) is 9.75 Å². The monoisotopic (exact) mass is 340 g/mol. The van der Waals surface area contributed by atoms with Crippen LogP contribution >= 0.6 is 11.3 Å². The van der Waals surface area contributed by atoms with Gasteiger partial charge < -0.3 is 4.90 Å². The number of hydrogen-bond acceptors (Lipinski definition) is 6. The SMILES string of the molecule is Cc1ccc(CN(C)c2cccc(S(C)(=O)=O)c2[N+](=O)[O-])s1. The zero-order valence-corrected chi connectivity index (χ0v) is 14.1. The zero-order chi connectivity index (χ0) is 16.5. The molecular formula is C14H16N2O4S2. The largest absolute Gasteiger partial charge is 0.364 e. The predicted molar refractivity (Wildman–Crippen MR) is 87.4 cm³/mol. The van der Waals surface area contributed by atoms with Gasteiger partial charge in [-0.05, 0) is 31.2 Å². The maximum Gasteiger partial charge on any atom is 0.311 e. The molecule has 22 heavy (non-hydrogen) atoms. The Labute approximate surface area is 133 Å². The summed E-state index contributed by atoms with van der Waals surface area (Å²) in [4.78, 5) is 14.4. The van der Waals surface area contributed by atoms with Crippen LogP contribution in [0.15, 0.2) is 35.2 Å². The first-order valence-electron chi connectivity index (χ1n) is 6.44. The lowest BCUT2D eigenvalue weighted by Gasteiger charge is -2.19. The predicted octanol–water partition coefficient (Wildman–Crippen LogP) is 3.00. The highest BCUT2D eigenvalue weighted by Gasteiger charge is 2.27. The summed E-state index contributed by atoms with van der Waals surface area (Å²) in [6, 6.07) is 8.29. The Morgan fingerprint density at radius 2 is 1.95 bits per heavy atom. The van der Waals surface area contributed by atoms with Crippen molar-refractivity contribution in [3.8, 4) is 0 Å². The van der Waals surface area contributed by atoms with Gasteiger partial charge in [0.25, 0.3) is 0 Å². The van der Waals surface area contributed by atoms with Gasteiger partial charge in [-0.2, -0.15) is 0 Å². The molecule has 0 unspecified atom stereocenters. The molecule has 118 valence electrons. The number of sulfone groups is 1. The number of benzene rings is 1. The van der Waals surface area contributed by atoms with E-state index in [1.54, 1.807) is 29.4 Å². The minimum atomic E-state index is -3.67. The highest BCUT2D eigenvalue weighted by Crippen LogP contribution is 2.35. The number of anilines is 1. The fraction of sp³-hybridized carbons (Fsp3) is 0.286. The van der Waals surface area contributed by atoms with Crippen molar-refractivity contribution in [1.82, 2.24) is 0 Å². The third-order valence-electron chi connectivity index (χ3n) is 3.16. The average Bonchev–Trinajstić information content (AvgIpc) is 2.82. The Morgan fingerprint density at radius 3 is 2.45 bits per heavy atom. The van der Waals surface area contributed by atoms with Crippen LogP contribution in [0.5, 0.6) is 0 Å². The molecule has 6 nitrogen and oxygen atoms in total. The van der Waals surface area contributed by atoms with Crippen LogP contribution in [0.25, 0.3) is 0 Å². The molecular weight excluding hydrogens is 324 g/mol. The molecule has 0 saturated carbocycles. The summed E-state index contributed by atoms with van der Waals surface area (Å²) in [5.41, 5.74) is -0.0836. The number of aryl methyl sites for hydroxylation is 1. The Bertz CT molecular complexity index is 812. The molecule has 2 aromatic rings. The fourth-order valence-corrected chi connectivity index (χ4v) is 3.99. The normalized spacial score (nSPS) is 11.4. The lowest BCUT2D eigenvalue weighted by Crippen LogP contribution is -2.18. The third-order valence-corrected chi connectivity index (χ3v) is 5.27. The molecule has 0 aliphatic rings. The molecule has 0 spiro atoms. The molecule has 0 amide bonds. The molecule has 1 aromatic carbocycles. The van der Waals surface area contributed by atoms with Gasteiger partial charge in [0, 0.05) is 23.1 Å². The van der Waals surface area contributed by atoms with Crippen molar-refractivity contribution < 1.29 is 13.3 Å². The molecule has 0 atom stereocenters. The molecule has 0 aliphatic heterocycles. The number of rotatable bonds is 5. The van der Waals surface area contributed by atoms with Gasteiger partial charge in [-0.15, -0.1) is 11.3 Å². The van der Waals surface area contributed by atoms with Gasteiger partial charge in [0.05, 0.1) is 11.5 Å². The fourth-order valence-electron chi connectivity index (χ4n) is 2.19. The van der Waals surface area contributed by atoms with E-state index in [2.05, 4.69) is 0 Å². The van der Waals surface area contributed by atoms with Gasteiger partial charge in [-0.25, -0.2) is 8.42 Å². The van der Waals surface area contributed by atoms with Gasteiger partial charge in [0.15, 0.2) is 9.84 Å². The molecule has 8 heteroatoms. The van der Waals surface area contributed by atoms with Gasteiger partial charge in [0.2, 0.25) is 0 Å². The second kappa shape index (κ2) is 6.05. The number of nitrogens with zero attached hydrogens (tertiary/aromatic N) is 2. The molecule has 0 N–H and O–H groups in total. The Hall–Kier alpha value is -1.93. The lowest BCUT2D eigenvalue weighted by molar-refractivity contribution is -0.387. The number of nitro benzene ring substituents is 1. The number of nitro groups is 1. The highest BCUT2D eigenvalue weighted by molar-refractivity contribution is 7.90. The van der Waals surface area contributed by atoms with E-state index in [1.807, 2.05) is 19.1 Å². The van der Waals surface area contributed by atoms with Crippen LogP contribution in [0.4, 0.5) is 11.4 Å². The molecule has 0 saturated heterocycles. The summed E-state index contributed by atoms with van der Waals surface area (Å²) >= 11 is 1.60. The first-order chi connectivity index (χ1) is 10.2. The second-order valence-electron chi connectivity index (χ2n) is 5.02. The van der Waals surface area contributed by atoms with Crippen molar-refractivity contribution in [2.75, 3.05) is 18.2 Å². The quantitative estimate of drug-likeness (QED) is 0.617. The third kappa shape index (κ3) is 3.45. The van der Waals surface area contributed by atoms with Crippen molar-refractivity contribution >= 4 is 32.5 Å². The molecule has 2 rings (SSSR count). The first kappa shape index (κ1) is 16.4. The van der Waals surface area contributed by atoms with E-state index >= 15 is 0 Å². The van der Waals surface area contributed by atoms with E-state index < -0.39 is 14.8 Å². The molecule has 1 heterocycles. The minimum absolute atomic E-state index is 0.260. The smallest absolute Gasteiger partial charge is 0.311 e. The Balaban J connectivity index is 2.48. The maximum atomic E-state index is 11.8. The summed E-state index contributed by atoms with van der Waals surface area (Å²) < 4.78 is 23.5. The van der Waals surface area contributed by atoms with E-state index in [4.69, 9.17) is 0 Å². The van der Waals surface area contributed by atoms with E-state index in [-0.39, 0.29) is 10.6 Å². The average molecular weight is 340 g/mol. The second-order valence-corrected chi connectivity index (χ2v) is 8.38. The van der Waals surface area contributed by atoms with Crippen LogP contribution in [-0.4, -0.2) is 26.6 Å². The van der Waals surface area contributed by atoms with Gasteiger partial charge in [-0.3, -0.25) is 10.1 Å². The number of hydrogen-bond donors (Lipinski definition) is 0. The Morgan fingerprint density at radius 1 is 1.27 bits per heavy atom. The lowest BCUT2D eigenvalue weighted by atomic mass is 10.2. The Kier molecular flexibility index (Phi) is 4.52. The van der Waals surface area contributed by atoms with Crippen molar-refractivity contribution in [1.29, 1.82) is 0 Å². The number of para-hydroxylation sites is 1. The zero-order valence-electron chi connectivity index (χ0n) is 12.4. The van der Waals surface area contributed by atoms with Crippen molar-refractivity contribution in [2.45, 2.75) is 18.4 Å². The van der Waals surface area contributed by atoms with E-state index in [0.29, 0.717) is 12.2 Å². The maximum absolute atomic E-state index is 11.8. The molecule has 0 bridgehead atoms. The molecule has 1 aromatic heterocycles. The van der Waals surface area contributed by atoms with Crippen LogP contribution in [0.3, 0.4) is 0 Å². The van der Waals surface area contributed by atoms with E-state index in [9.17, 15) is 18.5 Å². The summed E-state index contributed by atoms with van der Waals surface area (Å²) in [5, 5.41) is 11.4. The molecule has 0 aliphatic carbocycles. The van der Waals surface area contributed by atoms with Gasteiger partial charge in [-0.1, -0.05) is 6.07 Å². The summed E-state index contributed by atoms with van der Waals surface area (Å²) in [5.74, 6) is 0. The van der Waals surface area contributed by atoms with E-state index in [1.165, 1.54) is 12.1 Å². The molecule has 0 radical (unpaired) electrons. The highest BCUT2D eigenvalue weighted by atomic mass is 32.2. The van der Waals surface area contributed by atoms with Crippen molar-refractivity contribution in [3.05, 3.63) is 50.2 Å². The van der Waals surface area contributed by atoms with Crippen LogP contribution in [-0.2, 0) is 16.4 Å². The van der Waals surface area contributed by atoms with E-state index in [0.717, 1.165) is 16.0 Å². The topological polar surface area (TPSA) is 80.5 Å². The summed E-state index contributed by atoms with van der Waals surface area (Å²) in [6.45, 7) is 2.47. The van der Waals surface area contributed by atoms with Crippen molar-refractivity contribution in [3.63, 3.8) is 0 Å². The molecule has 0 fully saturated rings. The standard InChI is InChI=1S/C14H16N2O4S2/c1-10-7-8-11(21-10)9-15(2)12-5-4-6-13(22(3,19)20)14(12)16(17)18/h4-8H,9H2,1-3H3. The van der Waals surface area contributed by atoms with Crippen LogP contribution in [0, 0.1) is 17.0 Å². The first-order valence-corrected chi connectivity index (χ1v) is 9.15. The van der Waals surface area contributed by atoms with Crippen molar-refractivity contribution in [2.24, 2.45) is 0 Å². The minimum Gasteiger partial charge on any atom is -0.364 e. The van der Waals surface area contributed by atoms with Gasteiger partial charge >= 0.3 is 5.69 Å². The number of thiophene rings is 1.